The van der Waals surface area contributed by atoms with Gasteiger partial charge in [0.25, 0.3) is 0 Å². The lowest BCUT2D eigenvalue weighted by molar-refractivity contribution is 0.0512. The number of carbonyl (C=O) groups is 1. The molecule has 0 heterocycles. The molecule has 0 saturated heterocycles. The second-order valence-corrected chi connectivity index (χ2v) is 7.92. The summed E-state index contributed by atoms with van der Waals surface area (Å²) in [4.78, 5) is 11.8. The number of ether oxygens (including phenoxy) is 1. The zero-order valence-electron chi connectivity index (χ0n) is 14.3. The van der Waals surface area contributed by atoms with Crippen molar-refractivity contribution in [3.63, 3.8) is 0 Å². The minimum Gasteiger partial charge on any atom is -0.444 e. The topological polar surface area (TPSA) is 70.6 Å². The number of hydrogen-bond acceptors (Lipinski definition) is 4. The predicted octanol–water partition coefficient (Wildman–Crippen LogP) is 2.57. The molecule has 2 rings (SSSR count). The molecular formula is C17H32N2O3. The smallest absolute Gasteiger partial charge is 0.407 e. The molecule has 0 aromatic carbocycles. The molecule has 2 aliphatic rings. The first-order valence-corrected chi connectivity index (χ1v) is 8.68. The maximum Gasteiger partial charge on any atom is 0.407 e. The second-order valence-electron chi connectivity index (χ2n) is 7.92. The number of unbranched alkanes of at least 4 members (excludes halogenated alkanes) is 1. The lowest BCUT2D eigenvalue weighted by Gasteiger charge is -2.30. The highest BCUT2D eigenvalue weighted by Gasteiger charge is 2.55. The first-order chi connectivity index (χ1) is 10.3. The largest absolute Gasteiger partial charge is 0.444 e. The number of nitrogens with one attached hydrogen (secondary N) is 2. The van der Waals surface area contributed by atoms with Gasteiger partial charge >= 0.3 is 6.09 Å². The number of amides is 1. The third-order valence-electron chi connectivity index (χ3n) is 4.88. The van der Waals surface area contributed by atoms with E-state index < -0.39 is 5.60 Å². The van der Waals surface area contributed by atoms with E-state index >= 15 is 0 Å². The van der Waals surface area contributed by atoms with Gasteiger partial charge in [-0.2, -0.15) is 0 Å². The van der Waals surface area contributed by atoms with E-state index in [0.717, 1.165) is 25.8 Å². The zero-order chi connectivity index (χ0) is 16.2. The van der Waals surface area contributed by atoms with Crippen molar-refractivity contribution in [1.29, 1.82) is 0 Å². The number of alkyl carbamates (subject to hydrolysis) is 1. The third kappa shape index (κ3) is 5.13. The van der Waals surface area contributed by atoms with Gasteiger partial charge in [-0.05, 0) is 77.7 Å². The summed E-state index contributed by atoms with van der Waals surface area (Å²) in [6.07, 6.45) is 7.49. The Bertz CT molecular complexity index is 371. The Kier molecular flexibility index (Phi) is 5.72. The molecule has 2 fully saturated rings. The lowest BCUT2D eigenvalue weighted by Crippen LogP contribution is -2.39. The van der Waals surface area contributed by atoms with Gasteiger partial charge in [0.15, 0.2) is 0 Å². The predicted molar refractivity (Wildman–Crippen MR) is 86.8 cm³/mol. The maximum atomic E-state index is 11.8. The Hall–Kier alpha value is -0.810. The molecule has 5 heteroatoms. The summed E-state index contributed by atoms with van der Waals surface area (Å²) in [5.41, 5.74) is -0.0948. The van der Waals surface area contributed by atoms with Crippen molar-refractivity contribution in [3.8, 4) is 0 Å². The van der Waals surface area contributed by atoms with Crippen LogP contribution >= 0.6 is 0 Å². The van der Waals surface area contributed by atoms with E-state index in [0.29, 0.717) is 17.5 Å². The van der Waals surface area contributed by atoms with Crippen LogP contribution in [0.2, 0.25) is 0 Å². The Morgan fingerprint density at radius 1 is 1.27 bits per heavy atom. The van der Waals surface area contributed by atoms with Gasteiger partial charge < -0.3 is 20.5 Å². The van der Waals surface area contributed by atoms with E-state index in [9.17, 15) is 4.79 Å². The van der Waals surface area contributed by atoms with E-state index in [1.807, 2.05) is 20.8 Å². The highest BCUT2D eigenvalue weighted by atomic mass is 16.6. The molecule has 0 aliphatic heterocycles. The number of carbonyl (C=O) groups excluding carboxylic acids is 1. The van der Waals surface area contributed by atoms with Crippen molar-refractivity contribution < 1.29 is 14.6 Å². The molecule has 0 bridgehead atoms. The van der Waals surface area contributed by atoms with Gasteiger partial charge in [-0.3, -0.25) is 0 Å². The van der Waals surface area contributed by atoms with Gasteiger partial charge in [0.2, 0.25) is 0 Å². The Morgan fingerprint density at radius 2 is 1.95 bits per heavy atom. The summed E-state index contributed by atoms with van der Waals surface area (Å²) in [6.45, 7) is 6.96. The van der Waals surface area contributed by atoms with Crippen LogP contribution in [0.15, 0.2) is 0 Å². The molecule has 0 aromatic heterocycles. The zero-order valence-corrected chi connectivity index (χ0v) is 14.3. The van der Waals surface area contributed by atoms with Gasteiger partial charge in [-0.15, -0.1) is 0 Å². The van der Waals surface area contributed by atoms with Gasteiger partial charge in [0.05, 0.1) is 0 Å². The molecule has 0 radical (unpaired) electrons. The van der Waals surface area contributed by atoms with Crippen molar-refractivity contribution in [3.05, 3.63) is 0 Å². The molecule has 2 saturated carbocycles. The molecule has 1 atom stereocenters. The van der Waals surface area contributed by atoms with Crippen molar-refractivity contribution in [2.24, 2.45) is 5.41 Å². The highest BCUT2D eigenvalue weighted by Crippen LogP contribution is 2.56. The quantitative estimate of drug-likeness (QED) is 0.659. The minimum atomic E-state index is -0.428. The van der Waals surface area contributed by atoms with Crippen LogP contribution < -0.4 is 10.6 Å². The fourth-order valence-corrected chi connectivity index (χ4v) is 3.49. The third-order valence-corrected chi connectivity index (χ3v) is 4.88. The molecule has 1 spiro atoms. The minimum absolute atomic E-state index is 0.279. The fourth-order valence-electron chi connectivity index (χ4n) is 3.49. The van der Waals surface area contributed by atoms with E-state index in [1.54, 1.807) is 0 Å². The van der Waals surface area contributed by atoms with Gasteiger partial charge in [0, 0.05) is 18.7 Å². The van der Waals surface area contributed by atoms with E-state index in [4.69, 9.17) is 9.84 Å². The van der Waals surface area contributed by atoms with E-state index in [1.165, 1.54) is 25.7 Å². The van der Waals surface area contributed by atoms with Gasteiger partial charge in [-0.25, -0.2) is 4.79 Å². The van der Waals surface area contributed by atoms with Crippen LogP contribution in [0, 0.1) is 5.41 Å². The summed E-state index contributed by atoms with van der Waals surface area (Å²) >= 11 is 0. The average molecular weight is 312 g/mol. The summed E-state index contributed by atoms with van der Waals surface area (Å²) in [5, 5.41) is 15.4. The van der Waals surface area contributed by atoms with Crippen LogP contribution in [0.4, 0.5) is 4.79 Å². The van der Waals surface area contributed by atoms with Crippen molar-refractivity contribution in [2.45, 2.75) is 83.4 Å². The Morgan fingerprint density at radius 3 is 2.55 bits per heavy atom. The summed E-state index contributed by atoms with van der Waals surface area (Å²) in [6, 6.07) is 0.907. The van der Waals surface area contributed by atoms with Crippen molar-refractivity contribution in [2.75, 3.05) is 13.2 Å². The van der Waals surface area contributed by atoms with Crippen LogP contribution in [0.1, 0.15) is 65.7 Å². The normalized spacial score (nSPS) is 31.1. The average Bonchev–Trinajstić information content (AvgIpc) is 3.07. The van der Waals surface area contributed by atoms with Gasteiger partial charge in [0.1, 0.15) is 5.60 Å². The van der Waals surface area contributed by atoms with Crippen LogP contribution in [0.25, 0.3) is 0 Å². The maximum absolute atomic E-state index is 11.8. The van der Waals surface area contributed by atoms with Crippen LogP contribution in [0.5, 0.6) is 0 Å². The molecule has 1 unspecified atom stereocenters. The summed E-state index contributed by atoms with van der Waals surface area (Å²) < 4.78 is 5.34. The monoisotopic (exact) mass is 312 g/mol. The van der Waals surface area contributed by atoms with Crippen LogP contribution in [-0.4, -0.2) is 42.0 Å². The molecule has 128 valence electrons. The molecule has 0 aromatic rings. The first kappa shape index (κ1) is 17.5. The lowest BCUT2D eigenvalue weighted by atomic mass is 9.82. The number of aliphatic hydroxyl groups excluding tert-OH is 1. The molecular weight excluding hydrogens is 280 g/mol. The number of aliphatic hydroxyl groups is 1. The standard InChI is InChI=1S/C17H32N2O3/c1-16(2,3)22-15(21)19-14-12-17(14)8-6-13(7-9-17)18-10-4-5-11-20/h13-14,18,20H,4-12H2,1-3H3,(H,19,21). The Labute approximate surface area is 134 Å². The molecule has 2 aliphatic carbocycles. The van der Waals surface area contributed by atoms with E-state index in [-0.39, 0.29) is 12.7 Å². The first-order valence-electron chi connectivity index (χ1n) is 8.68. The fraction of sp³-hybridized carbons (Fsp3) is 0.941. The van der Waals surface area contributed by atoms with E-state index in [2.05, 4.69) is 10.6 Å². The molecule has 5 nitrogen and oxygen atoms in total. The SMILES string of the molecule is CC(C)(C)OC(=O)NC1CC12CCC(NCCCCO)CC2. The van der Waals surface area contributed by atoms with Crippen molar-refractivity contribution >= 4 is 6.09 Å². The molecule has 3 N–H and O–H groups in total. The van der Waals surface area contributed by atoms with Crippen molar-refractivity contribution in [1.82, 2.24) is 10.6 Å². The second kappa shape index (κ2) is 7.18. The Balaban J connectivity index is 1.64. The highest BCUT2D eigenvalue weighted by molar-refractivity contribution is 5.68. The summed E-state index contributed by atoms with van der Waals surface area (Å²) in [7, 11) is 0. The van der Waals surface area contributed by atoms with Crippen LogP contribution in [-0.2, 0) is 4.74 Å². The summed E-state index contributed by atoms with van der Waals surface area (Å²) in [5.74, 6) is 0. The number of rotatable bonds is 6. The molecule has 1 amide bonds. The van der Waals surface area contributed by atoms with Crippen LogP contribution in [0.3, 0.4) is 0 Å². The van der Waals surface area contributed by atoms with Gasteiger partial charge in [-0.1, -0.05) is 0 Å². The molecule has 22 heavy (non-hydrogen) atoms. The number of hydrogen-bond donors (Lipinski definition) is 3.